The monoisotopic (exact) mass is 347 g/mol. The molecule has 1 unspecified atom stereocenters. The van der Waals surface area contributed by atoms with Gasteiger partial charge in [-0.3, -0.25) is 5.10 Å². The van der Waals surface area contributed by atoms with Crippen LogP contribution in [0.5, 0.6) is 0 Å². The Hall–Kier alpha value is -1.11. The number of halogens is 2. The van der Waals surface area contributed by atoms with Gasteiger partial charge in [0.25, 0.3) is 0 Å². The number of esters is 1. The first-order valence-electron chi connectivity index (χ1n) is 5.53. The number of ether oxygens (including phenoxy) is 1. The highest BCUT2D eigenvalue weighted by Gasteiger charge is 2.17. The van der Waals surface area contributed by atoms with E-state index in [1.807, 2.05) is 13.0 Å². The summed E-state index contributed by atoms with van der Waals surface area (Å²) in [5.41, 5.74) is 7.86. The van der Waals surface area contributed by atoms with Crippen LogP contribution in [0.3, 0.4) is 0 Å². The van der Waals surface area contributed by atoms with Crippen molar-refractivity contribution in [2.24, 2.45) is 5.73 Å². The van der Waals surface area contributed by atoms with Gasteiger partial charge in [-0.05, 0) is 19.1 Å². The summed E-state index contributed by atoms with van der Waals surface area (Å²) in [5.74, 6) is -0.381. The van der Waals surface area contributed by atoms with Gasteiger partial charge in [-0.1, -0.05) is 15.9 Å². The van der Waals surface area contributed by atoms with Crippen LogP contribution >= 0.6 is 28.3 Å². The molecular weight excluding hydrogens is 334 g/mol. The summed E-state index contributed by atoms with van der Waals surface area (Å²) < 4.78 is 5.58. The van der Waals surface area contributed by atoms with Crippen LogP contribution in [-0.2, 0) is 11.2 Å². The number of methoxy groups -OCH3 is 1. The first-order chi connectivity index (χ1) is 8.52. The Kier molecular flexibility index (Phi) is 5.34. The zero-order valence-corrected chi connectivity index (χ0v) is 13.0. The van der Waals surface area contributed by atoms with Gasteiger partial charge < -0.3 is 10.5 Å². The van der Waals surface area contributed by atoms with Gasteiger partial charge in [0.2, 0.25) is 0 Å². The number of carbonyl (C=O) groups excluding carboxylic acids is 1. The fraction of sp³-hybridized carbons (Fsp3) is 0.333. The van der Waals surface area contributed by atoms with E-state index in [0.717, 1.165) is 21.1 Å². The van der Waals surface area contributed by atoms with E-state index >= 15 is 0 Å². The standard InChI is InChI=1S/C12H14BrN3O2.ClH/c1-6(14)3-9-11-8(12(17)18-2)4-7(13)5-10(11)16-15-9;/h4-6H,3,14H2,1-2H3,(H,15,16);1H. The first-order valence-corrected chi connectivity index (χ1v) is 6.32. The predicted molar refractivity (Wildman–Crippen MR) is 79.7 cm³/mol. The van der Waals surface area contributed by atoms with Crippen molar-refractivity contribution in [2.75, 3.05) is 7.11 Å². The molecule has 1 aromatic carbocycles. The number of benzene rings is 1. The van der Waals surface area contributed by atoms with Crippen LogP contribution in [0.1, 0.15) is 23.0 Å². The molecule has 1 atom stereocenters. The Morgan fingerprint density at radius 1 is 1.58 bits per heavy atom. The van der Waals surface area contributed by atoms with E-state index in [9.17, 15) is 4.79 Å². The van der Waals surface area contributed by atoms with E-state index in [2.05, 4.69) is 26.1 Å². The Balaban J connectivity index is 0.00000180. The summed E-state index contributed by atoms with van der Waals surface area (Å²) in [5, 5.41) is 7.90. The van der Waals surface area contributed by atoms with E-state index < -0.39 is 0 Å². The molecule has 0 aliphatic rings. The van der Waals surface area contributed by atoms with Crippen LogP contribution in [0.15, 0.2) is 16.6 Å². The lowest BCUT2D eigenvalue weighted by atomic mass is 10.0. The second-order valence-electron chi connectivity index (χ2n) is 4.22. The molecule has 0 saturated heterocycles. The molecule has 0 aliphatic carbocycles. The molecular formula is C12H15BrClN3O2. The summed E-state index contributed by atoms with van der Waals surface area (Å²) in [6.07, 6.45) is 0.627. The number of hydrogen-bond donors (Lipinski definition) is 2. The zero-order valence-electron chi connectivity index (χ0n) is 10.6. The number of aromatic nitrogens is 2. The molecule has 3 N–H and O–H groups in total. The van der Waals surface area contributed by atoms with Gasteiger partial charge in [-0.2, -0.15) is 5.10 Å². The number of H-pyrrole nitrogens is 1. The van der Waals surface area contributed by atoms with Crippen molar-refractivity contribution < 1.29 is 9.53 Å². The topological polar surface area (TPSA) is 81.0 Å². The molecule has 1 heterocycles. The van der Waals surface area contributed by atoms with Crippen molar-refractivity contribution in [1.29, 1.82) is 0 Å². The van der Waals surface area contributed by atoms with E-state index in [1.54, 1.807) is 6.07 Å². The van der Waals surface area contributed by atoms with Crippen molar-refractivity contribution >= 4 is 45.2 Å². The highest BCUT2D eigenvalue weighted by Crippen LogP contribution is 2.26. The maximum atomic E-state index is 11.8. The maximum absolute atomic E-state index is 11.8. The third-order valence-electron chi connectivity index (χ3n) is 2.63. The third kappa shape index (κ3) is 3.26. The van der Waals surface area contributed by atoms with Gasteiger partial charge in [-0.25, -0.2) is 4.79 Å². The minimum Gasteiger partial charge on any atom is -0.465 e. The fourth-order valence-electron chi connectivity index (χ4n) is 1.92. The quantitative estimate of drug-likeness (QED) is 0.835. The summed E-state index contributed by atoms with van der Waals surface area (Å²) in [7, 11) is 1.36. The second-order valence-corrected chi connectivity index (χ2v) is 5.14. The number of nitrogens with two attached hydrogens (primary N) is 1. The smallest absolute Gasteiger partial charge is 0.338 e. The van der Waals surface area contributed by atoms with Gasteiger partial charge in [0.05, 0.1) is 18.2 Å². The minimum atomic E-state index is -0.381. The van der Waals surface area contributed by atoms with E-state index in [4.69, 9.17) is 10.5 Å². The molecule has 7 heteroatoms. The zero-order chi connectivity index (χ0) is 13.3. The van der Waals surface area contributed by atoms with Crippen LogP contribution in [0.25, 0.3) is 10.9 Å². The molecule has 0 bridgehead atoms. The van der Waals surface area contributed by atoms with E-state index in [-0.39, 0.29) is 24.4 Å². The van der Waals surface area contributed by atoms with Gasteiger partial charge in [0.1, 0.15) is 0 Å². The van der Waals surface area contributed by atoms with E-state index in [1.165, 1.54) is 7.11 Å². The Morgan fingerprint density at radius 2 is 2.26 bits per heavy atom. The van der Waals surface area contributed by atoms with Crippen molar-refractivity contribution in [2.45, 2.75) is 19.4 Å². The number of rotatable bonds is 3. The number of nitrogens with zero attached hydrogens (tertiary/aromatic N) is 1. The van der Waals surface area contributed by atoms with Crippen LogP contribution in [0, 0.1) is 0 Å². The van der Waals surface area contributed by atoms with Gasteiger partial charge >= 0.3 is 5.97 Å². The van der Waals surface area contributed by atoms with Crippen LogP contribution in [-0.4, -0.2) is 29.3 Å². The van der Waals surface area contributed by atoms with Crippen molar-refractivity contribution in [3.8, 4) is 0 Å². The summed E-state index contributed by atoms with van der Waals surface area (Å²) >= 11 is 3.35. The Labute approximate surface area is 125 Å². The lowest BCUT2D eigenvalue weighted by Crippen LogP contribution is -2.18. The summed E-state index contributed by atoms with van der Waals surface area (Å²) in [6, 6.07) is 3.57. The van der Waals surface area contributed by atoms with Crippen LogP contribution < -0.4 is 5.73 Å². The number of aromatic amines is 1. The molecule has 104 valence electrons. The Bertz CT molecular complexity index is 598. The molecule has 0 fully saturated rings. The lowest BCUT2D eigenvalue weighted by Gasteiger charge is -2.06. The molecule has 0 radical (unpaired) electrons. The Morgan fingerprint density at radius 3 is 2.84 bits per heavy atom. The molecule has 2 aromatic rings. The minimum absolute atomic E-state index is 0. The van der Waals surface area contributed by atoms with E-state index in [0.29, 0.717) is 12.0 Å². The number of hydrogen-bond acceptors (Lipinski definition) is 4. The van der Waals surface area contributed by atoms with Gasteiger partial charge in [-0.15, -0.1) is 12.4 Å². The molecule has 19 heavy (non-hydrogen) atoms. The molecule has 2 rings (SSSR count). The molecule has 1 aromatic heterocycles. The predicted octanol–water partition coefficient (Wildman–Crippen LogP) is 2.42. The average molecular weight is 349 g/mol. The van der Waals surface area contributed by atoms with Crippen molar-refractivity contribution in [1.82, 2.24) is 10.2 Å². The normalized spacial score (nSPS) is 12.0. The van der Waals surface area contributed by atoms with Gasteiger partial charge in [0.15, 0.2) is 0 Å². The molecule has 0 aliphatic heterocycles. The van der Waals surface area contributed by atoms with Crippen molar-refractivity contribution in [3.63, 3.8) is 0 Å². The van der Waals surface area contributed by atoms with Gasteiger partial charge in [0, 0.05) is 28.0 Å². The van der Waals surface area contributed by atoms with Crippen molar-refractivity contribution in [3.05, 3.63) is 27.9 Å². The first kappa shape index (κ1) is 15.9. The molecule has 0 spiro atoms. The summed E-state index contributed by atoms with van der Waals surface area (Å²) in [4.78, 5) is 11.8. The summed E-state index contributed by atoms with van der Waals surface area (Å²) in [6.45, 7) is 1.91. The molecule has 0 saturated carbocycles. The maximum Gasteiger partial charge on any atom is 0.338 e. The van der Waals surface area contributed by atoms with Crippen LogP contribution in [0.4, 0.5) is 0 Å². The number of nitrogens with one attached hydrogen (secondary N) is 1. The molecule has 5 nitrogen and oxygen atoms in total. The average Bonchev–Trinajstić information content (AvgIpc) is 2.69. The highest BCUT2D eigenvalue weighted by atomic mass is 79.9. The highest BCUT2D eigenvalue weighted by molar-refractivity contribution is 9.10. The second kappa shape index (κ2) is 6.36. The SMILES string of the molecule is COC(=O)c1cc(Br)cc2n[nH]c(CC(C)N)c12.Cl. The number of fused-ring (bicyclic) bond motifs is 1. The number of carbonyl (C=O) groups is 1. The largest absolute Gasteiger partial charge is 0.465 e. The lowest BCUT2D eigenvalue weighted by molar-refractivity contribution is 0.0603. The third-order valence-corrected chi connectivity index (χ3v) is 3.08. The van der Waals surface area contributed by atoms with Crippen LogP contribution in [0.2, 0.25) is 0 Å². The molecule has 0 amide bonds. The fourth-order valence-corrected chi connectivity index (χ4v) is 2.37.